The van der Waals surface area contributed by atoms with Crippen molar-refractivity contribution in [1.82, 2.24) is 0 Å². The maximum Gasteiger partial charge on any atom is 0.146 e. The molecular weight excluding hydrogens is 203 g/mol. The first-order valence-electron chi connectivity index (χ1n) is 5.54. The van der Waals surface area contributed by atoms with Crippen molar-refractivity contribution >= 4 is 5.69 Å². The van der Waals surface area contributed by atoms with Crippen molar-refractivity contribution in [2.45, 2.75) is 32.2 Å². The van der Waals surface area contributed by atoms with Gasteiger partial charge in [0.2, 0.25) is 0 Å². The van der Waals surface area contributed by atoms with Gasteiger partial charge in [-0.25, -0.2) is 4.39 Å². The van der Waals surface area contributed by atoms with Crippen molar-refractivity contribution in [3.05, 3.63) is 29.6 Å². The molecule has 1 aromatic carbocycles. The van der Waals surface area contributed by atoms with E-state index in [1.54, 1.807) is 11.0 Å². The van der Waals surface area contributed by atoms with Crippen LogP contribution in [0.2, 0.25) is 0 Å². The SMILES string of the molecule is CN(C)c1ccc(CCC(C)(C)N)cc1F. The fourth-order valence-corrected chi connectivity index (χ4v) is 1.54. The van der Waals surface area contributed by atoms with Crippen molar-refractivity contribution < 1.29 is 4.39 Å². The normalized spacial score (nSPS) is 11.6. The zero-order valence-corrected chi connectivity index (χ0v) is 10.5. The molecule has 1 aromatic rings. The van der Waals surface area contributed by atoms with Gasteiger partial charge in [0.25, 0.3) is 0 Å². The molecule has 0 atom stereocenters. The molecule has 16 heavy (non-hydrogen) atoms. The highest BCUT2D eigenvalue weighted by Crippen LogP contribution is 2.20. The Hall–Kier alpha value is -1.09. The molecule has 0 aliphatic heterocycles. The van der Waals surface area contributed by atoms with Gasteiger partial charge >= 0.3 is 0 Å². The molecule has 0 heterocycles. The second kappa shape index (κ2) is 4.83. The van der Waals surface area contributed by atoms with Gasteiger partial charge in [-0.05, 0) is 44.4 Å². The van der Waals surface area contributed by atoms with Gasteiger partial charge in [0.15, 0.2) is 0 Å². The highest BCUT2D eigenvalue weighted by molar-refractivity contribution is 5.47. The van der Waals surface area contributed by atoms with Crippen LogP contribution in [0.4, 0.5) is 10.1 Å². The lowest BCUT2D eigenvalue weighted by molar-refractivity contribution is 0.476. The van der Waals surface area contributed by atoms with E-state index < -0.39 is 0 Å². The standard InChI is InChI=1S/C13H21FN2/c1-13(2,15)8-7-10-5-6-12(16(3)4)11(14)9-10/h5-6,9H,7-8,15H2,1-4H3. The third-order valence-corrected chi connectivity index (χ3v) is 2.55. The minimum atomic E-state index is -0.198. The summed E-state index contributed by atoms with van der Waals surface area (Å²) in [5.74, 6) is -0.169. The summed E-state index contributed by atoms with van der Waals surface area (Å²) in [4.78, 5) is 1.77. The van der Waals surface area contributed by atoms with E-state index in [2.05, 4.69) is 0 Å². The van der Waals surface area contributed by atoms with Crippen molar-refractivity contribution in [2.24, 2.45) is 5.73 Å². The monoisotopic (exact) mass is 224 g/mol. The largest absolute Gasteiger partial charge is 0.375 e. The summed E-state index contributed by atoms with van der Waals surface area (Å²) >= 11 is 0. The van der Waals surface area contributed by atoms with Gasteiger partial charge in [0.1, 0.15) is 5.82 Å². The van der Waals surface area contributed by atoms with Crippen molar-refractivity contribution in [2.75, 3.05) is 19.0 Å². The molecule has 0 saturated carbocycles. The van der Waals surface area contributed by atoms with Crippen LogP contribution < -0.4 is 10.6 Å². The topological polar surface area (TPSA) is 29.3 Å². The summed E-state index contributed by atoms with van der Waals surface area (Å²) in [5, 5.41) is 0. The molecule has 0 amide bonds. The van der Waals surface area contributed by atoms with Crippen LogP contribution in [0.25, 0.3) is 0 Å². The Balaban J connectivity index is 2.74. The quantitative estimate of drug-likeness (QED) is 0.851. The van der Waals surface area contributed by atoms with E-state index in [9.17, 15) is 4.39 Å². The molecule has 0 aliphatic carbocycles. The van der Waals surface area contributed by atoms with E-state index in [1.807, 2.05) is 40.1 Å². The Morgan fingerprint density at radius 2 is 1.94 bits per heavy atom. The zero-order valence-electron chi connectivity index (χ0n) is 10.5. The molecule has 0 aromatic heterocycles. The number of anilines is 1. The Labute approximate surface area is 97.3 Å². The average molecular weight is 224 g/mol. The maximum absolute atomic E-state index is 13.6. The molecule has 0 aliphatic rings. The van der Waals surface area contributed by atoms with E-state index in [1.165, 1.54) is 0 Å². The van der Waals surface area contributed by atoms with E-state index in [0.717, 1.165) is 18.4 Å². The van der Waals surface area contributed by atoms with Crippen LogP contribution in [0.5, 0.6) is 0 Å². The number of rotatable bonds is 4. The van der Waals surface area contributed by atoms with Crippen molar-refractivity contribution in [3.63, 3.8) is 0 Å². The van der Waals surface area contributed by atoms with Gasteiger partial charge in [0.05, 0.1) is 5.69 Å². The first-order chi connectivity index (χ1) is 7.29. The molecule has 90 valence electrons. The fourth-order valence-electron chi connectivity index (χ4n) is 1.54. The van der Waals surface area contributed by atoms with E-state index >= 15 is 0 Å². The predicted octanol–water partition coefficient (Wildman–Crippen LogP) is 2.56. The second-order valence-electron chi connectivity index (χ2n) is 5.17. The van der Waals surface area contributed by atoms with Gasteiger partial charge in [-0.2, -0.15) is 0 Å². The van der Waals surface area contributed by atoms with Crippen molar-refractivity contribution in [1.29, 1.82) is 0 Å². The Kier molecular flexibility index (Phi) is 3.92. The molecule has 0 saturated heterocycles. The predicted molar refractivity (Wildman–Crippen MR) is 67.3 cm³/mol. The van der Waals surface area contributed by atoms with Crippen LogP contribution in [0.3, 0.4) is 0 Å². The van der Waals surface area contributed by atoms with Crippen LogP contribution in [0.1, 0.15) is 25.8 Å². The van der Waals surface area contributed by atoms with Gasteiger partial charge in [0, 0.05) is 19.6 Å². The first-order valence-corrected chi connectivity index (χ1v) is 5.54. The molecular formula is C13H21FN2. The third-order valence-electron chi connectivity index (χ3n) is 2.55. The lowest BCUT2D eigenvalue weighted by Crippen LogP contribution is -2.32. The highest BCUT2D eigenvalue weighted by atomic mass is 19.1. The summed E-state index contributed by atoms with van der Waals surface area (Å²) in [6.45, 7) is 3.97. The van der Waals surface area contributed by atoms with Crippen LogP contribution in [-0.2, 0) is 6.42 Å². The summed E-state index contributed by atoms with van der Waals surface area (Å²) in [6, 6.07) is 5.37. The van der Waals surface area contributed by atoms with Gasteiger partial charge in [-0.15, -0.1) is 0 Å². The molecule has 3 heteroatoms. The van der Waals surface area contributed by atoms with Crippen LogP contribution in [0, 0.1) is 5.82 Å². The summed E-state index contributed by atoms with van der Waals surface area (Å²) < 4.78 is 13.6. The first kappa shape index (κ1) is 13.0. The molecule has 0 spiro atoms. The minimum Gasteiger partial charge on any atom is -0.375 e. The van der Waals surface area contributed by atoms with Crippen molar-refractivity contribution in [3.8, 4) is 0 Å². The van der Waals surface area contributed by atoms with E-state index in [4.69, 9.17) is 5.73 Å². The van der Waals surface area contributed by atoms with E-state index in [0.29, 0.717) is 5.69 Å². The highest BCUT2D eigenvalue weighted by Gasteiger charge is 2.11. The minimum absolute atomic E-state index is 0.169. The van der Waals surface area contributed by atoms with Crippen LogP contribution in [0.15, 0.2) is 18.2 Å². The van der Waals surface area contributed by atoms with E-state index in [-0.39, 0.29) is 11.4 Å². The number of hydrogen-bond acceptors (Lipinski definition) is 2. The molecule has 1 rings (SSSR count). The third kappa shape index (κ3) is 3.81. The smallest absolute Gasteiger partial charge is 0.146 e. The summed E-state index contributed by atoms with van der Waals surface area (Å²) in [5.41, 5.74) is 7.32. The average Bonchev–Trinajstić information content (AvgIpc) is 2.13. The number of aryl methyl sites for hydroxylation is 1. The molecule has 0 fully saturated rings. The number of nitrogens with zero attached hydrogens (tertiary/aromatic N) is 1. The molecule has 2 N–H and O–H groups in total. The molecule has 0 radical (unpaired) electrons. The lowest BCUT2D eigenvalue weighted by Gasteiger charge is -2.19. The molecule has 0 bridgehead atoms. The number of hydrogen-bond donors (Lipinski definition) is 1. The summed E-state index contributed by atoms with van der Waals surface area (Å²) in [7, 11) is 3.67. The lowest BCUT2D eigenvalue weighted by atomic mass is 9.96. The van der Waals surface area contributed by atoms with Crippen LogP contribution >= 0.6 is 0 Å². The second-order valence-corrected chi connectivity index (χ2v) is 5.17. The van der Waals surface area contributed by atoms with Gasteiger partial charge < -0.3 is 10.6 Å². The van der Waals surface area contributed by atoms with Gasteiger partial charge in [-0.1, -0.05) is 6.07 Å². The Bertz CT molecular complexity index is 353. The molecule has 2 nitrogen and oxygen atoms in total. The zero-order chi connectivity index (χ0) is 12.3. The Morgan fingerprint density at radius 3 is 2.38 bits per heavy atom. The Morgan fingerprint density at radius 1 is 1.31 bits per heavy atom. The number of halogens is 1. The summed E-state index contributed by atoms with van der Waals surface area (Å²) in [6.07, 6.45) is 1.67. The number of benzene rings is 1. The van der Waals surface area contributed by atoms with Crippen LogP contribution in [-0.4, -0.2) is 19.6 Å². The van der Waals surface area contributed by atoms with Gasteiger partial charge in [-0.3, -0.25) is 0 Å². The molecule has 0 unspecified atom stereocenters. The maximum atomic E-state index is 13.6. The number of nitrogens with two attached hydrogens (primary N) is 1. The fraction of sp³-hybridized carbons (Fsp3) is 0.538.